The number of Topliss-reactive ketones (excluding diaryl/α,β-unsaturated/α-hetero) is 1. The Morgan fingerprint density at radius 1 is 1.27 bits per heavy atom. The third-order valence-electron chi connectivity index (χ3n) is 5.26. The fourth-order valence-corrected chi connectivity index (χ4v) is 3.42. The van der Waals surface area contributed by atoms with Crippen LogP contribution in [0, 0.1) is 5.92 Å². The van der Waals surface area contributed by atoms with E-state index < -0.39 is 35.8 Å². The molecule has 1 aliphatic heterocycles. The van der Waals surface area contributed by atoms with E-state index in [0.29, 0.717) is 6.42 Å². The van der Waals surface area contributed by atoms with Gasteiger partial charge in [-0.3, -0.25) is 4.79 Å². The Kier molecular flexibility index (Phi) is 7.39. The van der Waals surface area contributed by atoms with Crippen molar-refractivity contribution in [3.63, 3.8) is 0 Å². The minimum atomic E-state index is -1.89. The third-order valence-corrected chi connectivity index (χ3v) is 5.26. The number of fused-ring (bicyclic) bond motifs is 2. The second-order valence-corrected chi connectivity index (χ2v) is 7.83. The van der Waals surface area contributed by atoms with Crippen molar-refractivity contribution in [1.29, 1.82) is 0 Å². The third kappa shape index (κ3) is 5.25. The lowest BCUT2D eigenvalue weighted by Crippen LogP contribution is -2.35. The summed E-state index contributed by atoms with van der Waals surface area (Å²) in [6.07, 6.45) is -0.0535. The molecule has 30 heavy (non-hydrogen) atoms. The number of ketones is 1. The molecule has 1 aromatic rings. The lowest BCUT2D eigenvalue weighted by atomic mass is 9.87. The van der Waals surface area contributed by atoms with Gasteiger partial charge in [-0.2, -0.15) is 0 Å². The molecule has 0 amide bonds. The molecular formula is C22H28O8. The van der Waals surface area contributed by atoms with Gasteiger partial charge < -0.3 is 24.1 Å². The molecular weight excluding hydrogens is 392 g/mol. The maximum absolute atomic E-state index is 12.5. The molecule has 0 saturated carbocycles. The highest BCUT2D eigenvalue weighted by atomic mass is 16.5. The van der Waals surface area contributed by atoms with Gasteiger partial charge in [0.05, 0.1) is 14.2 Å². The smallest absolute Gasteiger partial charge is 0.341 e. The van der Waals surface area contributed by atoms with E-state index in [9.17, 15) is 24.6 Å². The van der Waals surface area contributed by atoms with Crippen LogP contribution in [0.1, 0.15) is 61.1 Å². The van der Waals surface area contributed by atoms with Gasteiger partial charge in [-0.25, -0.2) is 9.59 Å². The van der Waals surface area contributed by atoms with E-state index in [0.717, 1.165) is 5.57 Å². The van der Waals surface area contributed by atoms with E-state index in [4.69, 9.17) is 13.9 Å². The molecule has 0 radical (unpaired) electrons. The predicted molar refractivity (Wildman–Crippen MR) is 107 cm³/mol. The number of ether oxygens (including phenoxy) is 2. The molecule has 0 saturated heterocycles. The van der Waals surface area contributed by atoms with Crippen LogP contribution in [0.4, 0.5) is 0 Å². The number of esters is 2. The van der Waals surface area contributed by atoms with Crippen LogP contribution in [0.3, 0.4) is 0 Å². The van der Waals surface area contributed by atoms with Gasteiger partial charge in [0.25, 0.3) is 0 Å². The Morgan fingerprint density at radius 2 is 1.90 bits per heavy atom. The first kappa shape index (κ1) is 23.6. The molecule has 0 aromatic carbocycles. The number of methoxy groups -OCH3 is 2. The molecule has 2 bridgehead atoms. The van der Waals surface area contributed by atoms with Crippen molar-refractivity contribution in [3.05, 3.63) is 47.0 Å². The summed E-state index contributed by atoms with van der Waals surface area (Å²) in [5.74, 6) is -1.76. The van der Waals surface area contributed by atoms with E-state index in [1.807, 2.05) is 0 Å². The highest BCUT2D eigenvalue weighted by molar-refractivity contribution is 5.96. The van der Waals surface area contributed by atoms with Crippen LogP contribution in [0.15, 0.2) is 34.3 Å². The van der Waals surface area contributed by atoms with E-state index in [-0.39, 0.29) is 41.4 Å². The molecule has 164 valence electrons. The molecule has 2 rings (SSSR count). The summed E-state index contributed by atoms with van der Waals surface area (Å²) in [6, 6.07) is 1.32. The molecule has 2 N–H and O–H groups in total. The maximum Gasteiger partial charge on any atom is 0.341 e. The van der Waals surface area contributed by atoms with Crippen molar-refractivity contribution in [2.75, 3.05) is 14.2 Å². The molecule has 3 atom stereocenters. The standard InChI is InChI=1S/C22H28O8/c1-12(2)13-6-7-14(20(25)28-4)8-15(23)11-22(3,27)19(24)18-10-16(21(26)29-5)17(9-13)30-18/h7,10,13,19,24,27H,1,6,8-9,11H2,2-5H3/b14-7-/t13-,19-,22+/m0/s1. The van der Waals surface area contributed by atoms with Gasteiger partial charge >= 0.3 is 11.9 Å². The average molecular weight is 420 g/mol. The Bertz CT molecular complexity index is 874. The van der Waals surface area contributed by atoms with E-state index in [2.05, 4.69) is 6.58 Å². The zero-order valence-corrected chi connectivity index (χ0v) is 17.7. The van der Waals surface area contributed by atoms with Gasteiger partial charge in [0, 0.05) is 24.8 Å². The second-order valence-electron chi connectivity index (χ2n) is 7.83. The van der Waals surface area contributed by atoms with Crippen molar-refractivity contribution < 1.29 is 38.5 Å². The van der Waals surface area contributed by atoms with Gasteiger partial charge in [0.15, 0.2) is 0 Å². The first-order valence-corrected chi connectivity index (χ1v) is 9.56. The van der Waals surface area contributed by atoms with Gasteiger partial charge in [-0.05, 0) is 32.3 Å². The van der Waals surface area contributed by atoms with Crippen molar-refractivity contribution in [2.45, 2.75) is 51.2 Å². The zero-order chi connectivity index (χ0) is 22.6. The minimum Gasteiger partial charge on any atom is -0.466 e. The van der Waals surface area contributed by atoms with Gasteiger partial charge in [-0.1, -0.05) is 18.2 Å². The molecule has 0 unspecified atom stereocenters. The molecule has 2 heterocycles. The summed E-state index contributed by atoms with van der Waals surface area (Å²) in [7, 11) is 2.45. The summed E-state index contributed by atoms with van der Waals surface area (Å²) in [5, 5.41) is 21.4. The largest absolute Gasteiger partial charge is 0.466 e. The Hall–Kier alpha value is -2.71. The van der Waals surface area contributed by atoms with Crippen LogP contribution in [0.25, 0.3) is 0 Å². The molecule has 8 heteroatoms. The number of allylic oxidation sites excluding steroid dienone is 2. The Labute approximate surface area is 175 Å². The normalized spacial score (nSPS) is 27.0. The lowest BCUT2D eigenvalue weighted by Gasteiger charge is -2.27. The quantitative estimate of drug-likeness (QED) is 0.565. The minimum absolute atomic E-state index is 0.0518. The molecule has 1 aromatic heterocycles. The van der Waals surface area contributed by atoms with Crippen LogP contribution in [0.2, 0.25) is 0 Å². The molecule has 0 fully saturated rings. The number of furan rings is 1. The van der Waals surface area contributed by atoms with Crippen molar-refractivity contribution >= 4 is 17.7 Å². The summed E-state index contributed by atoms with van der Waals surface area (Å²) >= 11 is 0. The topological polar surface area (TPSA) is 123 Å². The monoisotopic (exact) mass is 420 g/mol. The molecule has 1 aliphatic rings. The highest BCUT2D eigenvalue weighted by Crippen LogP contribution is 2.35. The second kappa shape index (κ2) is 9.40. The number of aliphatic hydroxyl groups excluding tert-OH is 1. The summed E-state index contributed by atoms with van der Waals surface area (Å²) in [5.41, 5.74) is -0.833. The number of hydrogen-bond acceptors (Lipinski definition) is 8. The maximum atomic E-state index is 12.5. The van der Waals surface area contributed by atoms with Crippen molar-refractivity contribution in [2.24, 2.45) is 5.92 Å². The Morgan fingerprint density at radius 3 is 2.47 bits per heavy atom. The Balaban J connectivity index is 2.60. The predicted octanol–water partition coefficient (Wildman–Crippen LogP) is 2.44. The van der Waals surface area contributed by atoms with Crippen LogP contribution < -0.4 is 0 Å². The first-order chi connectivity index (χ1) is 14.0. The van der Waals surface area contributed by atoms with Gasteiger partial charge in [0.2, 0.25) is 0 Å². The van der Waals surface area contributed by atoms with E-state index >= 15 is 0 Å². The van der Waals surface area contributed by atoms with Crippen LogP contribution in [-0.2, 0) is 25.5 Å². The summed E-state index contributed by atoms with van der Waals surface area (Å²) in [6.45, 7) is 7.06. The van der Waals surface area contributed by atoms with E-state index in [1.54, 1.807) is 13.0 Å². The van der Waals surface area contributed by atoms with E-state index in [1.165, 1.54) is 27.2 Å². The van der Waals surface area contributed by atoms with Gasteiger partial charge in [0.1, 0.15) is 34.6 Å². The zero-order valence-electron chi connectivity index (χ0n) is 17.7. The molecule has 0 aliphatic carbocycles. The van der Waals surface area contributed by atoms with Crippen LogP contribution >= 0.6 is 0 Å². The fraction of sp³-hybridized carbons (Fsp3) is 0.500. The fourth-order valence-electron chi connectivity index (χ4n) is 3.42. The lowest BCUT2D eigenvalue weighted by molar-refractivity contribution is -0.138. The number of hydrogen-bond donors (Lipinski definition) is 2. The van der Waals surface area contributed by atoms with Gasteiger partial charge in [-0.15, -0.1) is 0 Å². The van der Waals surface area contributed by atoms with Crippen molar-refractivity contribution in [1.82, 2.24) is 0 Å². The number of aliphatic hydroxyl groups is 2. The number of carbonyl (C=O) groups is 3. The molecule has 0 spiro atoms. The average Bonchev–Trinajstić information content (AvgIpc) is 3.10. The summed E-state index contributed by atoms with van der Waals surface area (Å²) in [4.78, 5) is 36.9. The molecule has 8 nitrogen and oxygen atoms in total. The van der Waals surface area contributed by atoms with Crippen LogP contribution in [-0.4, -0.2) is 47.8 Å². The van der Waals surface area contributed by atoms with Crippen molar-refractivity contribution in [3.8, 4) is 0 Å². The summed E-state index contributed by atoms with van der Waals surface area (Å²) < 4.78 is 15.3. The first-order valence-electron chi connectivity index (χ1n) is 9.56. The number of carbonyl (C=O) groups excluding carboxylic acids is 3. The van der Waals surface area contributed by atoms with Crippen LogP contribution in [0.5, 0.6) is 0 Å². The highest BCUT2D eigenvalue weighted by Gasteiger charge is 2.38. The SMILES string of the molecule is C=C(C)[C@H]1C/C=C(\C(=O)OC)CC(=O)C[C@@](C)(O)[C@@H](O)c2cc(C(=O)OC)c(o2)C1. The number of rotatable bonds is 3.